The van der Waals surface area contributed by atoms with Crippen LogP contribution in [0.15, 0.2) is 30.3 Å². The molecule has 0 spiro atoms. The third-order valence-corrected chi connectivity index (χ3v) is 5.19. The quantitative estimate of drug-likeness (QED) is 0.776. The van der Waals surface area contributed by atoms with Crippen LogP contribution in [-0.4, -0.2) is 34.9 Å². The minimum atomic E-state index is -0.530. The highest BCUT2D eigenvalue weighted by Crippen LogP contribution is 2.32. The summed E-state index contributed by atoms with van der Waals surface area (Å²) in [5.74, 6) is 1.38. The summed E-state index contributed by atoms with van der Waals surface area (Å²) in [7, 11) is 0. The zero-order valence-electron chi connectivity index (χ0n) is 15.8. The Bertz CT molecular complexity index is 783. The van der Waals surface area contributed by atoms with E-state index in [0.717, 1.165) is 31.2 Å². The van der Waals surface area contributed by atoms with Gasteiger partial charge in [-0.3, -0.25) is 9.48 Å². The molecule has 4 rings (SSSR count). The van der Waals surface area contributed by atoms with Gasteiger partial charge in [-0.15, -0.1) is 0 Å². The lowest BCUT2D eigenvalue weighted by molar-refractivity contribution is -0.127. The average molecular weight is 369 g/mol. The molecule has 27 heavy (non-hydrogen) atoms. The van der Waals surface area contributed by atoms with Crippen LogP contribution in [0.1, 0.15) is 36.7 Å². The number of aromatic nitrogens is 2. The first-order valence-corrected chi connectivity index (χ1v) is 9.85. The van der Waals surface area contributed by atoms with Crippen LogP contribution in [0.25, 0.3) is 0 Å². The van der Waals surface area contributed by atoms with E-state index in [1.165, 1.54) is 24.1 Å². The molecule has 1 amide bonds. The summed E-state index contributed by atoms with van der Waals surface area (Å²) in [5, 5.41) is 7.80. The number of hydrogen-bond acceptors (Lipinski definition) is 4. The van der Waals surface area contributed by atoms with Crippen LogP contribution >= 0.6 is 0 Å². The molecular weight excluding hydrogens is 342 g/mol. The lowest BCUT2D eigenvalue weighted by atomic mass is 10.1. The van der Waals surface area contributed by atoms with Gasteiger partial charge in [-0.25, -0.2) is 0 Å². The van der Waals surface area contributed by atoms with E-state index in [2.05, 4.69) is 10.00 Å². The first kappa shape index (κ1) is 18.0. The smallest absolute Gasteiger partial charge is 0.260 e. The van der Waals surface area contributed by atoms with Crippen LogP contribution < -0.4 is 10.1 Å². The highest BCUT2D eigenvalue weighted by atomic mass is 16.5. The third-order valence-electron chi connectivity index (χ3n) is 5.19. The normalized spacial score (nSPS) is 17.2. The number of ether oxygens (including phenoxy) is 2. The Balaban J connectivity index is 1.32. The second kappa shape index (κ2) is 8.13. The van der Waals surface area contributed by atoms with E-state index < -0.39 is 6.10 Å². The lowest BCUT2D eigenvalue weighted by Crippen LogP contribution is -2.37. The van der Waals surface area contributed by atoms with Crippen LogP contribution in [0.4, 0.5) is 0 Å². The minimum Gasteiger partial charge on any atom is -0.481 e. The van der Waals surface area contributed by atoms with Gasteiger partial charge in [0.25, 0.3) is 5.91 Å². The number of rotatable bonds is 8. The summed E-state index contributed by atoms with van der Waals surface area (Å²) in [5.41, 5.74) is 3.61. The number of nitrogens with zero attached hydrogens (tertiary/aromatic N) is 2. The molecular formula is C21H27N3O3. The van der Waals surface area contributed by atoms with Gasteiger partial charge in [0.2, 0.25) is 0 Å². The van der Waals surface area contributed by atoms with E-state index in [-0.39, 0.29) is 5.91 Å². The number of para-hydroxylation sites is 1. The van der Waals surface area contributed by atoms with Crippen molar-refractivity contribution in [2.45, 2.75) is 51.9 Å². The van der Waals surface area contributed by atoms with Crippen molar-refractivity contribution in [3.63, 3.8) is 0 Å². The summed E-state index contributed by atoms with van der Waals surface area (Å²) in [4.78, 5) is 12.3. The summed E-state index contributed by atoms with van der Waals surface area (Å²) >= 11 is 0. The highest BCUT2D eigenvalue weighted by molar-refractivity contribution is 5.80. The fourth-order valence-corrected chi connectivity index (χ4v) is 3.48. The van der Waals surface area contributed by atoms with E-state index in [1.807, 2.05) is 30.3 Å². The van der Waals surface area contributed by atoms with Crippen molar-refractivity contribution in [2.75, 3.05) is 13.2 Å². The molecule has 0 bridgehead atoms. The Kier molecular flexibility index (Phi) is 5.43. The van der Waals surface area contributed by atoms with Crippen molar-refractivity contribution < 1.29 is 14.3 Å². The zero-order chi connectivity index (χ0) is 18.6. The Hall–Kier alpha value is -2.34. The summed E-state index contributed by atoms with van der Waals surface area (Å²) in [6.07, 6.45) is 3.75. The number of carbonyl (C=O) groups is 1. The van der Waals surface area contributed by atoms with Crippen molar-refractivity contribution in [1.82, 2.24) is 15.1 Å². The maximum Gasteiger partial charge on any atom is 0.260 e. The van der Waals surface area contributed by atoms with E-state index in [9.17, 15) is 4.79 Å². The van der Waals surface area contributed by atoms with Gasteiger partial charge in [-0.2, -0.15) is 5.10 Å². The maximum atomic E-state index is 12.3. The van der Waals surface area contributed by atoms with Crippen molar-refractivity contribution in [1.29, 1.82) is 0 Å². The summed E-state index contributed by atoms with van der Waals surface area (Å²) in [6.45, 7) is 4.75. The molecule has 6 nitrogen and oxygen atoms in total. The second-order valence-corrected chi connectivity index (χ2v) is 7.41. The molecule has 1 aromatic heterocycles. The Labute approximate surface area is 159 Å². The molecule has 1 aliphatic carbocycles. The molecule has 1 fully saturated rings. The molecule has 2 aromatic rings. The van der Waals surface area contributed by atoms with Gasteiger partial charge < -0.3 is 14.8 Å². The summed E-state index contributed by atoms with van der Waals surface area (Å²) < 4.78 is 13.5. The van der Waals surface area contributed by atoms with Gasteiger partial charge in [0.05, 0.1) is 18.9 Å². The SMILES string of the molecule is CC(Oc1ccccc1)C(=O)NCCc1nn(CC2CC2)c2c1COCC2. The molecule has 1 N–H and O–H groups in total. The average Bonchev–Trinajstić information content (AvgIpc) is 3.44. The third kappa shape index (κ3) is 4.50. The van der Waals surface area contributed by atoms with E-state index in [0.29, 0.717) is 25.3 Å². The molecule has 1 atom stereocenters. The van der Waals surface area contributed by atoms with Gasteiger partial charge in [0, 0.05) is 37.2 Å². The van der Waals surface area contributed by atoms with Gasteiger partial charge in [0.1, 0.15) is 5.75 Å². The van der Waals surface area contributed by atoms with E-state index >= 15 is 0 Å². The number of hydrogen-bond donors (Lipinski definition) is 1. The van der Waals surface area contributed by atoms with E-state index in [1.54, 1.807) is 6.92 Å². The molecule has 2 heterocycles. The Morgan fingerprint density at radius 3 is 2.96 bits per heavy atom. The topological polar surface area (TPSA) is 65.4 Å². The number of nitrogens with one attached hydrogen (secondary N) is 1. The molecule has 0 radical (unpaired) electrons. The number of carbonyl (C=O) groups excluding carboxylic acids is 1. The zero-order valence-corrected chi connectivity index (χ0v) is 15.8. The molecule has 6 heteroatoms. The second-order valence-electron chi connectivity index (χ2n) is 7.41. The predicted molar refractivity (Wildman–Crippen MR) is 102 cm³/mol. The van der Waals surface area contributed by atoms with Crippen molar-refractivity contribution in [3.05, 3.63) is 47.3 Å². The van der Waals surface area contributed by atoms with E-state index in [4.69, 9.17) is 14.6 Å². The number of benzene rings is 1. The number of amides is 1. The maximum absolute atomic E-state index is 12.3. The lowest BCUT2D eigenvalue weighted by Gasteiger charge is -2.16. The molecule has 1 saturated carbocycles. The van der Waals surface area contributed by atoms with Gasteiger partial charge >= 0.3 is 0 Å². The molecule has 2 aliphatic rings. The summed E-state index contributed by atoms with van der Waals surface area (Å²) in [6, 6.07) is 9.40. The molecule has 1 unspecified atom stereocenters. The fourth-order valence-electron chi connectivity index (χ4n) is 3.48. The predicted octanol–water partition coefficient (Wildman–Crippen LogP) is 2.49. The first-order chi connectivity index (χ1) is 13.2. The number of fused-ring (bicyclic) bond motifs is 1. The molecule has 0 saturated heterocycles. The monoisotopic (exact) mass is 369 g/mol. The van der Waals surface area contributed by atoms with Crippen molar-refractivity contribution >= 4 is 5.91 Å². The minimum absolute atomic E-state index is 0.110. The standard InChI is InChI=1S/C21H27N3O3/c1-15(27-17-5-3-2-4-6-17)21(25)22-11-9-19-18-14-26-12-10-20(18)24(23-19)13-16-7-8-16/h2-6,15-16H,7-14H2,1H3,(H,22,25). The highest BCUT2D eigenvalue weighted by Gasteiger charge is 2.27. The Morgan fingerprint density at radius 1 is 1.37 bits per heavy atom. The van der Waals surface area contributed by atoms with Gasteiger partial charge in [0.15, 0.2) is 6.10 Å². The van der Waals surface area contributed by atoms with Crippen molar-refractivity contribution in [2.24, 2.45) is 5.92 Å². The largest absolute Gasteiger partial charge is 0.481 e. The van der Waals surface area contributed by atoms with Crippen molar-refractivity contribution in [3.8, 4) is 5.75 Å². The molecule has 1 aliphatic heterocycles. The van der Waals surface area contributed by atoms with Gasteiger partial charge in [-0.05, 0) is 37.8 Å². The fraction of sp³-hybridized carbons (Fsp3) is 0.524. The molecule has 144 valence electrons. The van der Waals surface area contributed by atoms with Crippen LogP contribution in [0, 0.1) is 5.92 Å². The van der Waals surface area contributed by atoms with Crippen LogP contribution in [0.2, 0.25) is 0 Å². The molecule has 1 aromatic carbocycles. The van der Waals surface area contributed by atoms with Gasteiger partial charge in [-0.1, -0.05) is 18.2 Å². The first-order valence-electron chi connectivity index (χ1n) is 9.85. The van der Waals surface area contributed by atoms with Crippen LogP contribution in [0.3, 0.4) is 0 Å². The van der Waals surface area contributed by atoms with Crippen LogP contribution in [-0.2, 0) is 35.5 Å². The Morgan fingerprint density at radius 2 is 2.19 bits per heavy atom. The van der Waals surface area contributed by atoms with Crippen LogP contribution in [0.5, 0.6) is 5.75 Å².